The maximum atomic E-state index is 12.8. The minimum atomic E-state index is -0.393. The second kappa shape index (κ2) is 6.15. The number of rotatable bonds is 2. The molecule has 5 nitrogen and oxygen atoms in total. The highest BCUT2D eigenvalue weighted by Crippen LogP contribution is 2.23. The van der Waals surface area contributed by atoms with Gasteiger partial charge in [0, 0.05) is 12.1 Å². The normalized spacial score (nSPS) is 19.1. The Balaban J connectivity index is 2.21. The molecule has 0 aliphatic carbocycles. The predicted octanol–water partition coefficient (Wildman–Crippen LogP) is 2.81. The third-order valence-electron chi connectivity index (χ3n) is 3.84. The Morgan fingerprint density at radius 1 is 1.27 bits per heavy atom. The van der Waals surface area contributed by atoms with Gasteiger partial charge in [0.15, 0.2) is 0 Å². The van der Waals surface area contributed by atoms with Crippen LogP contribution in [0.2, 0.25) is 0 Å². The van der Waals surface area contributed by atoms with Gasteiger partial charge >= 0.3 is 0 Å². The second-order valence-electron chi connectivity index (χ2n) is 7.08. The quantitative estimate of drug-likeness (QED) is 0.914. The lowest BCUT2D eigenvalue weighted by Gasteiger charge is -2.36. The molecule has 1 unspecified atom stereocenters. The first-order valence-corrected chi connectivity index (χ1v) is 7.89. The Labute approximate surface area is 132 Å². The van der Waals surface area contributed by atoms with E-state index in [2.05, 4.69) is 5.32 Å². The summed E-state index contributed by atoms with van der Waals surface area (Å²) in [6, 6.07) is 1.36. The van der Waals surface area contributed by atoms with E-state index in [1.165, 1.54) is 0 Å². The van der Waals surface area contributed by atoms with E-state index in [9.17, 15) is 9.59 Å². The standard InChI is InChI=1S/C17H26N2O3/c1-11-10-13(12(2)22-11)16(21)19-9-7-6-8-14(19)15(20)18-17(3,4)5/h10,14H,6-9H2,1-5H3,(H,18,20). The Kier molecular flexibility index (Phi) is 4.63. The minimum absolute atomic E-state index is 0.0709. The molecule has 2 rings (SSSR count). The van der Waals surface area contributed by atoms with Crippen LogP contribution >= 0.6 is 0 Å². The Morgan fingerprint density at radius 3 is 2.50 bits per heavy atom. The number of nitrogens with zero attached hydrogens (tertiary/aromatic N) is 1. The van der Waals surface area contributed by atoms with Crippen molar-refractivity contribution >= 4 is 11.8 Å². The molecule has 1 saturated heterocycles. The molecule has 122 valence electrons. The van der Waals surface area contributed by atoms with Crippen LogP contribution in [0.25, 0.3) is 0 Å². The van der Waals surface area contributed by atoms with Crippen LogP contribution in [0.3, 0.4) is 0 Å². The van der Waals surface area contributed by atoms with Crippen molar-refractivity contribution in [3.8, 4) is 0 Å². The predicted molar refractivity (Wildman–Crippen MR) is 84.8 cm³/mol. The Bertz CT molecular complexity index is 569. The van der Waals surface area contributed by atoms with E-state index in [1.54, 1.807) is 17.9 Å². The molecule has 1 aromatic rings. The molecule has 1 fully saturated rings. The van der Waals surface area contributed by atoms with E-state index in [-0.39, 0.29) is 17.4 Å². The summed E-state index contributed by atoms with van der Waals surface area (Å²) in [7, 11) is 0. The molecule has 0 aromatic carbocycles. The average molecular weight is 306 g/mol. The molecular weight excluding hydrogens is 280 g/mol. The molecule has 1 aliphatic rings. The van der Waals surface area contributed by atoms with Crippen molar-refractivity contribution in [2.24, 2.45) is 0 Å². The van der Waals surface area contributed by atoms with Gasteiger partial charge in [0.25, 0.3) is 5.91 Å². The van der Waals surface area contributed by atoms with Gasteiger partial charge in [-0.1, -0.05) is 0 Å². The molecular formula is C17H26N2O3. The molecule has 1 atom stereocenters. The summed E-state index contributed by atoms with van der Waals surface area (Å²) in [6.07, 6.45) is 2.61. The topological polar surface area (TPSA) is 62.6 Å². The summed E-state index contributed by atoms with van der Waals surface area (Å²) in [5, 5.41) is 2.99. The van der Waals surface area contributed by atoms with E-state index in [1.807, 2.05) is 27.7 Å². The molecule has 0 spiro atoms. The summed E-state index contributed by atoms with van der Waals surface area (Å²) in [5.41, 5.74) is 0.263. The zero-order valence-corrected chi connectivity index (χ0v) is 14.2. The molecule has 0 bridgehead atoms. The minimum Gasteiger partial charge on any atom is -0.466 e. The zero-order valence-electron chi connectivity index (χ0n) is 14.2. The van der Waals surface area contributed by atoms with E-state index in [0.29, 0.717) is 30.0 Å². The largest absolute Gasteiger partial charge is 0.466 e. The van der Waals surface area contributed by atoms with Gasteiger partial charge in [0.2, 0.25) is 5.91 Å². The number of hydrogen-bond donors (Lipinski definition) is 1. The summed E-state index contributed by atoms with van der Waals surface area (Å²) >= 11 is 0. The number of amides is 2. The van der Waals surface area contributed by atoms with Crippen molar-refractivity contribution in [2.45, 2.75) is 65.5 Å². The van der Waals surface area contributed by atoms with Gasteiger partial charge in [-0.3, -0.25) is 9.59 Å². The zero-order chi connectivity index (χ0) is 16.5. The molecule has 1 aromatic heterocycles. The first-order chi connectivity index (χ1) is 10.2. The van der Waals surface area contributed by atoms with Gasteiger partial charge < -0.3 is 14.6 Å². The highest BCUT2D eigenvalue weighted by Gasteiger charge is 2.35. The smallest absolute Gasteiger partial charge is 0.258 e. The van der Waals surface area contributed by atoms with Crippen LogP contribution in [0.1, 0.15) is 61.9 Å². The lowest BCUT2D eigenvalue weighted by molar-refractivity contribution is -0.128. The molecule has 22 heavy (non-hydrogen) atoms. The van der Waals surface area contributed by atoms with Crippen molar-refractivity contribution in [1.29, 1.82) is 0 Å². The lowest BCUT2D eigenvalue weighted by atomic mass is 9.98. The van der Waals surface area contributed by atoms with E-state index in [4.69, 9.17) is 4.42 Å². The Hall–Kier alpha value is -1.78. The fraction of sp³-hybridized carbons (Fsp3) is 0.647. The SMILES string of the molecule is Cc1cc(C(=O)N2CCCCC2C(=O)NC(C)(C)C)c(C)o1. The molecule has 0 radical (unpaired) electrons. The van der Waals surface area contributed by atoms with E-state index in [0.717, 1.165) is 12.8 Å². The second-order valence-corrected chi connectivity index (χ2v) is 7.08. The van der Waals surface area contributed by atoms with Crippen molar-refractivity contribution in [1.82, 2.24) is 10.2 Å². The van der Waals surface area contributed by atoms with Gasteiger partial charge in [0.05, 0.1) is 5.56 Å². The number of hydrogen-bond acceptors (Lipinski definition) is 3. The monoisotopic (exact) mass is 306 g/mol. The van der Waals surface area contributed by atoms with Crippen molar-refractivity contribution in [2.75, 3.05) is 6.54 Å². The summed E-state index contributed by atoms with van der Waals surface area (Å²) in [5.74, 6) is 1.15. The fourth-order valence-corrected chi connectivity index (χ4v) is 2.90. The molecule has 2 amide bonds. The van der Waals surface area contributed by atoms with Gasteiger partial charge in [-0.05, 0) is 59.9 Å². The molecule has 1 N–H and O–H groups in total. The number of likely N-dealkylation sites (tertiary alicyclic amines) is 1. The van der Waals surface area contributed by atoms with Crippen LogP contribution in [-0.2, 0) is 4.79 Å². The van der Waals surface area contributed by atoms with Crippen LogP contribution in [0, 0.1) is 13.8 Å². The van der Waals surface area contributed by atoms with E-state index < -0.39 is 6.04 Å². The molecule has 5 heteroatoms. The molecule has 2 heterocycles. The number of furan rings is 1. The third-order valence-corrected chi connectivity index (χ3v) is 3.84. The maximum absolute atomic E-state index is 12.8. The highest BCUT2D eigenvalue weighted by atomic mass is 16.3. The van der Waals surface area contributed by atoms with Gasteiger partial charge in [-0.15, -0.1) is 0 Å². The highest BCUT2D eigenvalue weighted by molar-refractivity contribution is 5.98. The number of carbonyl (C=O) groups excluding carboxylic acids is 2. The third kappa shape index (κ3) is 3.70. The van der Waals surface area contributed by atoms with Crippen molar-refractivity contribution < 1.29 is 14.0 Å². The number of carbonyl (C=O) groups is 2. The Morgan fingerprint density at radius 2 is 1.95 bits per heavy atom. The van der Waals surface area contributed by atoms with Crippen LogP contribution in [0.15, 0.2) is 10.5 Å². The van der Waals surface area contributed by atoms with Crippen LogP contribution < -0.4 is 5.32 Å². The number of piperidine rings is 1. The van der Waals surface area contributed by atoms with Crippen LogP contribution in [0.4, 0.5) is 0 Å². The van der Waals surface area contributed by atoms with Crippen molar-refractivity contribution in [3.63, 3.8) is 0 Å². The number of aryl methyl sites for hydroxylation is 2. The average Bonchev–Trinajstić information content (AvgIpc) is 2.75. The van der Waals surface area contributed by atoms with Crippen molar-refractivity contribution in [3.05, 3.63) is 23.2 Å². The summed E-state index contributed by atoms with van der Waals surface area (Å²) in [6.45, 7) is 10.1. The molecule has 1 aliphatic heterocycles. The van der Waals surface area contributed by atoms with Crippen LogP contribution in [0.5, 0.6) is 0 Å². The van der Waals surface area contributed by atoms with Crippen LogP contribution in [-0.4, -0.2) is 34.8 Å². The summed E-state index contributed by atoms with van der Waals surface area (Å²) in [4.78, 5) is 27.0. The van der Waals surface area contributed by atoms with E-state index >= 15 is 0 Å². The first kappa shape index (κ1) is 16.6. The fourth-order valence-electron chi connectivity index (χ4n) is 2.90. The van der Waals surface area contributed by atoms with Gasteiger partial charge in [0.1, 0.15) is 17.6 Å². The first-order valence-electron chi connectivity index (χ1n) is 7.89. The molecule has 0 saturated carbocycles. The summed E-state index contributed by atoms with van der Waals surface area (Å²) < 4.78 is 5.45. The van der Waals surface area contributed by atoms with Gasteiger partial charge in [-0.2, -0.15) is 0 Å². The maximum Gasteiger partial charge on any atom is 0.258 e. The lowest BCUT2D eigenvalue weighted by Crippen LogP contribution is -2.55. The van der Waals surface area contributed by atoms with Gasteiger partial charge in [-0.25, -0.2) is 0 Å². The number of nitrogens with one attached hydrogen (secondary N) is 1.